The first-order valence-electron chi connectivity index (χ1n) is 44.4. The SMILES string of the molecule is CO.COC(=O)c1ccc2nc(Cl)c(-c3ccc(F)cc3)nc2c1.COC(=O)c1ccc2nc(N3CCC(c4cccc(Cl)c4)CC3)c(-c3ccc(F)cc3)nc2c1.Cl.Clc1cccc(C2CCNCC2)c1.O=C(O)c1ccc2nc(N3CCC(c4cccc(Cl)c4)CC3)c(-c3ccc(F)cc3)nc2c1.O=C(O)c1ccc2nc(N3CCC(c4cccc(Cl)c4)CC3)c(-c3ccc(F)cc3)nc2c1.[Na+].[OH-]. The minimum atomic E-state index is -1.02. The smallest absolute Gasteiger partial charge is 0.870 e. The van der Waals surface area contributed by atoms with Crippen molar-refractivity contribution in [3.63, 3.8) is 0 Å². The van der Waals surface area contributed by atoms with Crippen LogP contribution in [-0.2, 0) is 9.47 Å². The van der Waals surface area contributed by atoms with Gasteiger partial charge in [0.2, 0.25) is 0 Å². The number of carbonyl (C=O) groups is 4. The van der Waals surface area contributed by atoms with Crippen LogP contribution in [0, 0.1) is 23.3 Å². The molecule has 714 valence electrons. The Kier molecular flexibility index (Phi) is 38.1. The number of aromatic carboxylic acids is 2. The second-order valence-electron chi connectivity index (χ2n) is 33.0. The number of halogens is 10. The molecule has 0 unspecified atom stereocenters. The Labute approximate surface area is 859 Å². The molecule has 0 saturated carbocycles. The number of nitrogens with zero attached hydrogens (tertiary/aromatic N) is 11. The van der Waals surface area contributed by atoms with Crippen molar-refractivity contribution >= 4 is 156 Å². The molecule has 20 rings (SSSR count). The average molecular weight is 2020 g/mol. The summed E-state index contributed by atoms with van der Waals surface area (Å²) in [5.74, 6) is -0.0609. The summed E-state index contributed by atoms with van der Waals surface area (Å²) in [4.78, 5) is 90.8. The predicted octanol–water partition coefficient (Wildman–Crippen LogP) is 22.1. The van der Waals surface area contributed by atoms with Crippen LogP contribution in [-0.4, -0.2) is 158 Å². The summed E-state index contributed by atoms with van der Waals surface area (Å²) in [6.07, 6.45) is 8.18. The number of piperidine rings is 4. The van der Waals surface area contributed by atoms with Crippen LogP contribution in [0.4, 0.5) is 35.0 Å². The molecule has 8 heterocycles. The molecule has 4 aliphatic rings. The van der Waals surface area contributed by atoms with Crippen molar-refractivity contribution in [2.75, 3.05) is 88.4 Å². The monoisotopic (exact) mass is 2020 g/mol. The van der Waals surface area contributed by atoms with Gasteiger partial charge < -0.3 is 50.3 Å². The number of methoxy groups -OCH3 is 2. The molecule has 140 heavy (non-hydrogen) atoms. The van der Waals surface area contributed by atoms with Gasteiger partial charge >= 0.3 is 53.4 Å². The Morgan fingerprint density at radius 2 is 0.564 bits per heavy atom. The molecule has 4 fully saturated rings. The average Bonchev–Trinajstić information content (AvgIpc) is 0.772. The zero-order chi connectivity index (χ0) is 96.3. The molecule has 4 saturated heterocycles. The van der Waals surface area contributed by atoms with E-state index in [4.69, 9.17) is 97.8 Å². The van der Waals surface area contributed by atoms with Crippen molar-refractivity contribution in [3.05, 3.63) is 360 Å². The van der Waals surface area contributed by atoms with Crippen LogP contribution in [0.5, 0.6) is 0 Å². The third-order valence-electron chi connectivity index (χ3n) is 24.4. The summed E-state index contributed by atoms with van der Waals surface area (Å²) < 4.78 is 63.3. The topological polar surface area (TPSA) is 302 Å². The van der Waals surface area contributed by atoms with Gasteiger partial charge in [-0.1, -0.05) is 107 Å². The Morgan fingerprint density at radius 3 is 0.829 bits per heavy atom. The first-order chi connectivity index (χ1) is 66.4. The van der Waals surface area contributed by atoms with Crippen LogP contribution < -0.4 is 49.6 Å². The molecule has 5 N–H and O–H groups in total. The molecule has 33 heteroatoms. The number of ether oxygens (including phenoxy) is 2. The second kappa shape index (κ2) is 50.1. The molecule has 4 aromatic heterocycles. The van der Waals surface area contributed by atoms with Crippen molar-refractivity contribution in [3.8, 4) is 45.0 Å². The molecule has 0 atom stereocenters. The largest absolute Gasteiger partial charge is 1.00 e. The second-order valence-corrected chi connectivity index (χ2v) is 35.1. The number of aromatic nitrogens is 8. The van der Waals surface area contributed by atoms with Crippen LogP contribution >= 0.6 is 70.4 Å². The number of aliphatic hydroxyl groups excluding tert-OH is 1. The molecule has 0 spiro atoms. The van der Waals surface area contributed by atoms with Crippen LogP contribution in [0.2, 0.25) is 25.2 Å². The summed E-state index contributed by atoms with van der Waals surface area (Å²) in [5, 5.41) is 32.4. The van der Waals surface area contributed by atoms with Gasteiger partial charge in [-0.15, -0.1) is 12.4 Å². The van der Waals surface area contributed by atoms with Crippen molar-refractivity contribution < 1.29 is 96.6 Å². The van der Waals surface area contributed by atoms with E-state index in [0.717, 1.165) is 152 Å². The number of carboxylic acids is 2. The van der Waals surface area contributed by atoms with E-state index in [2.05, 4.69) is 65.1 Å². The van der Waals surface area contributed by atoms with Crippen LogP contribution in [0.15, 0.2) is 267 Å². The van der Waals surface area contributed by atoms with Crippen LogP contribution in [0.25, 0.3) is 89.2 Å². The summed E-state index contributed by atoms with van der Waals surface area (Å²) in [7, 11) is 3.66. The Hall–Kier alpha value is -12.4. The third kappa shape index (κ3) is 26.8. The van der Waals surface area contributed by atoms with Crippen molar-refractivity contribution in [1.29, 1.82) is 0 Å². The van der Waals surface area contributed by atoms with Gasteiger partial charge in [0.15, 0.2) is 22.6 Å². The van der Waals surface area contributed by atoms with E-state index in [1.807, 2.05) is 66.7 Å². The number of carboxylic acid groups (broad SMARTS) is 2. The van der Waals surface area contributed by atoms with Gasteiger partial charge in [-0.2, -0.15) is 0 Å². The quantitative estimate of drug-likeness (QED) is 0.0421. The fourth-order valence-corrected chi connectivity index (χ4v) is 18.3. The van der Waals surface area contributed by atoms with Gasteiger partial charge in [-0.3, -0.25) is 0 Å². The number of fused-ring (bicyclic) bond motifs is 4. The van der Waals surface area contributed by atoms with E-state index < -0.39 is 23.9 Å². The van der Waals surface area contributed by atoms with Gasteiger partial charge in [-0.05, 0) is 329 Å². The number of benzene rings is 12. The maximum atomic E-state index is 13.6. The summed E-state index contributed by atoms with van der Waals surface area (Å²) in [6, 6.07) is 76.1. The Bertz CT molecular complexity index is 6830. The maximum Gasteiger partial charge on any atom is 1.00 e. The first-order valence-corrected chi connectivity index (χ1v) is 46.3. The molecule has 0 aliphatic carbocycles. The molecule has 16 aromatic rings. The number of hydrogen-bond donors (Lipinski definition) is 4. The van der Waals surface area contributed by atoms with E-state index >= 15 is 0 Å². The zero-order valence-corrected chi connectivity index (χ0v) is 83.1. The minimum Gasteiger partial charge on any atom is -0.870 e. The van der Waals surface area contributed by atoms with Gasteiger partial charge in [-0.25, -0.2) is 76.6 Å². The van der Waals surface area contributed by atoms with Gasteiger partial charge in [0.05, 0.1) is 80.6 Å². The molecular formula is C107H95Cl6F4N12NaO10. The van der Waals surface area contributed by atoms with E-state index in [9.17, 15) is 47.0 Å². The van der Waals surface area contributed by atoms with Crippen molar-refractivity contribution in [2.24, 2.45) is 0 Å². The van der Waals surface area contributed by atoms with Crippen LogP contribution in [0.1, 0.15) is 139 Å². The van der Waals surface area contributed by atoms with E-state index in [-0.39, 0.29) is 87.0 Å². The molecule has 12 aromatic carbocycles. The first kappa shape index (κ1) is 106. The van der Waals surface area contributed by atoms with E-state index in [1.165, 1.54) is 122 Å². The summed E-state index contributed by atoms with van der Waals surface area (Å²) in [6.45, 7) is 7.06. The fraction of sp³-hybridized carbons (Fsp3) is 0.215. The number of anilines is 3. The summed E-state index contributed by atoms with van der Waals surface area (Å²) >= 11 is 30.7. The Balaban J connectivity index is 0.000000159. The van der Waals surface area contributed by atoms with Gasteiger partial charge in [0, 0.05) is 88.7 Å². The number of rotatable bonds is 15. The molecular weight excluding hydrogens is 1920 g/mol. The maximum absolute atomic E-state index is 13.6. The molecule has 0 amide bonds. The molecule has 0 radical (unpaired) electrons. The van der Waals surface area contributed by atoms with E-state index in [0.29, 0.717) is 107 Å². The van der Waals surface area contributed by atoms with Gasteiger partial charge in [0.25, 0.3) is 0 Å². The number of nitrogens with one attached hydrogen (secondary N) is 1. The molecule has 4 aliphatic heterocycles. The third-order valence-corrected chi connectivity index (χ3v) is 25.6. The standard InChI is InChI=1S/C27H23ClFN3O2.2C26H21ClFN3O2.C16H10ClFN2O2.C11H14ClN.CH4O.ClH.Na.H2O/c1-34-27(33)20-7-10-23-24(16-20)30-25(18-5-8-22(29)9-6-18)26(31-23)32-13-11-17(12-14-32)19-3-2-4-21(28)15-19;2*27-20-3-1-2-18(14-20)16-10-12-31(13-11-16)25-24(17-4-7-21(28)8-5-17)29-23-15-19(26(32)33)6-9-22(23)30-25;1-22-16(21)10-4-7-12-13(8-10)19-14(15(17)20-12)9-2-5-11(18)6-3-9;12-11-3-1-2-10(8-11)9-4-6-13-7-5-9;1-2;;;/h2-10,15-17H,11-14H2,1H3;2*1-9,14-16H,10-13H2,(H,32,33);2-8H,1H3;1-3,8-9,13H,4-7H2;2H,1H3;1H;;1H2/q;;;;;;;+1;/p-1. The van der Waals surface area contributed by atoms with E-state index in [1.54, 1.807) is 97.1 Å². The number of aliphatic hydroxyl groups is 1. The number of carbonyl (C=O) groups excluding carboxylic acids is 2. The molecule has 22 nitrogen and oxygen atoms in total. The normalized spacial score (nSPS) is 13.8. The Morgan fingerprint density at radius 1 is 0.321 bits per heavy atom. The zero-order valence-electron chi connectivity index (χ0n) is 76.5. The molecule has 0 bridgehead atoms. The number of hydrogen-bond acceptors (Lipinski definition) is 20. The van der Waals surface area contributed by atoms with Gasteiger partial charge in [0.1, 0.15) is 46.0 Å². The van der Waals surface area contributed by atoms with Crippen molar-refractivity contribution in [2.45, 2.75) is 75.0 Å². The predicted molar refractivity (Wildman–Crippen MR) is 542 cm³/mol. The fourth-order valence-electron chi connectivity index (χ4n) is 17.3. The van der Waals surface area contributed by atoms with Crippen LogP contribution in [0.3, 0.4) is 0 Å². The minimum absolute atomic E-state index is 0. The summed E-state index contributed by atoms with van der Waals surface area (Å²) in [5.41, 5.74) is 16.0. The number of esters is 2. The van der Waals surface area contributed by atoms with Crippen molar-refractivity contribution in [1.82, 2.24) is 45.2 Å².